The SMILES string of the molecule is C[N-]Cc1cc(C2CC2)n[nH]1. The number of hydrogen-bond donors (Lipinski definition) is 1. The summed E-state index contributed by atoms with van der Waals surface area (Å²) in [5.41, 5.74) is 2.36. The standard InChI is InChI=1S/C8H12N3/c1-9-5-7-4-8(11-10-7)6-2-3-6/h4,6H,2-3,5H2,1H3,(H,10,11)/q-1. The fourth-order valence-corrected chi connectivity index (χ4v) is 1.22. The van der Waals surface area contributed by atoms with Gasteiger partial charge in [0.15, 0.2) is 0 Å². The van der Waals surface area contributed by atoms with Crippen molar-refractivity contribution in [2.45, 2.75) is 25.3 Å². The number of H-pyrrole nitrogens is 1. The number of hydrogen-bond acceptors (Lipinski definition) is 1. The maximum absolute atomic E-state index is 4.21. The molecule has 0 saturated heterocycles. The average Bonchev–Trinajstić information content (AvgIpc) is 2.75. The van der Waals surface area contributed by atoms with Crippen LogP contribution in [0.2, 0.25) is 0 Å². The van der Waals surface area contributed by atoms with Crippen molar-refractivity contribution in [3.05, 3.63) is 22.8 Å². The average molecular weight is 150 g/mol. The lowest BCUT2D eigenvalue weighted by Gasteiger charge is -2.06. The largest absolute Gasteiger partial charge is 0.660 e. The molecule has 0 bridgehead atoms. The maximum atomic E-state index is 4.21. The van der Waals surface area contributed by atoms with E-state index in [9.17, 15) is 0 Å². The highest BCUT2D eigenvalue weighted by Gasteiger charge is 2.25. The summed E-state index contributed by atoms with van der Waals surface area (Å²) in [5, 5.41) is 11.2. The topological polar surface area (TPSA) is 42.8 Å². The molecule has 3 nitrogen and oxygen atoms in total. The van der Waals surface area contributed by atoms with Crippen LogP contribution in [0.1, 0.15) is 30.1 Å². The molecule has 1 saturated carbocycles. The number of aromatic amines is 1. The summed E-state index contributed by atoms with van der Waals surface area (Å²) in [4.78, 5) is 0. The first-order valence-electron chi connectivity index (χ1n) is 4.00. The van der Waals surface area contributed by atoms with Crippen LogP contribution in [0, 0.1) is 0 Å². The Balaban J connectivity index is 2.06. The Morgan fingerprint density at radius 2 is 2.55 bits per heavy atom. The van der Waals surface area contributed by atoms with Crippen LogP contribution in [0.5, 0.6) is 0 Å². The highest BCUT2D eigenvalue weighted by molar-refractivity contribution is 5.18. The molecule has 0 unspecified atom stereocenters. The number of aromatic nitrogens is 2. The van der Waals surface area contributed by atoms with Gasteiger partial charge in [0.05, 0.1) is 5.69 Å². The zero-order valence-electron chi connectivity index (χ0n) is 6.67. The summed E-state index contributed by atoms with van der Waals surface area (Å²) in [7, 11) is 1.82. The molecule has 0 radical (unpaired) electrons. The van der Waals surface area contributed by atoms with Crippen molar-refractivity contribution in [2.75, 3.05) is 7.05 Å². The molecule has 1 aliphatic rings. The van der Waals surface area contributed by atoms with Crippen LogP contribution in [0.4, 0.5) is 0 Å². The van der Waals surface area contributed by atoms with Gasteiger partial charge in [-0.15, -0.1) is 6.54 Å². The quantitative estimate of drug-likeness (QED) is 0.701. The van der Waals surface area contributed by atoms with E-state index in [0.29, 0.717) is 0 Å². The molecule has 0 aliphatic heterocycles. The van der Waals surface area contributed by atoms with E-state index < -0.39 is 0 Å². The van der Waals surface area contributed by atoms with Gasteiger partial charge in [0, 0.05) is 11.6 Å². The van der Waals surface area contributed by atoms with Crippen molar-refractivity contribution in [1.29, 1.82) is 0 Å². The Hall–Kier alpha value is -0.830. The molecule has 1 aromatic heterocycles. The third kappa shape index (κ3) is 1.43. The van der Waals surface area contributed by atoms with E-state index in [0.717, 1.165) is 18.2 Å². The molecule has 0 aromatic carbocycles. The Morgan fingerprint density at radius 1 is 1.73 bits per heavy atom. The van der Waals surface area contributed by atoms with Crippen molar-refractivity contribution in [3.8, 4) is 0 Å². The van der Waals surface area contributed by atoms with Crippen LogP contribution in [0.15, 0.2) is 6.07 Å². The predicted molar refractivity (Wildman–Crippen MR) is 43.5 cm³/mol. The van der Waals surface area contributed by atoms with Crippen molar-refractivity contribution in [1.82, 2.24) is 10.2 Å². The molecule has 1 aromatic rings. The monoisotopic (exact) mass is 150 g/mol. The first-order chi connectivity index (χ1) is 5.40. The van der Waals surface area contributed by atoms with Gasteiger partial charge in [0.1, 0.15) is 0 Å². The molecular formula is C8H12N3-. The van der Waals surface area contributed by atoms with Gasteiger partial charge in [-0.2, -0.15) is 12.1 Å². The second-order valence-corrected chi connectivity index (χ2v) is 3.07. The van der Waals surface area contributed by atoms with Gasteiger partial charge in [-0.25, -0.2) is 0 Å². The van der Waals surface area contributed by atoms with Gasteiger partial charge >= 0.3 is 0 Å². The van der Waals surface area contributed by atoms with Crippen molar-refractivity contribution in [2.24, 2.45) is 0 Å². The van der Waals surface area contributed by atoms with Crippen LogP contribution < -0.4 is 0 Å². The molecular weight excluding hydrogens is 138 g/mol. The smallest absolute Gasteiger partial charge is 0.0655 e. The zero-order valence-corrected chi connectivity index (χ0v) is 6.67. The fraction of sp³-hybridized carbons (Fsp3) is 0.625. The van der Waals surface area contributed by atoms with E-state index >= 15 is 0 Å². The van der Waals surface area contributed by atoms with Crippen LogP contribution >= 0.6 is 0 Å². The number of nitrogens with zero attached hydrogens (tertiary/aromatic N) is 2. The van der Waals surface area contributed by atoms with Crippen LogP contribution in [-0.2, 0) is 6.54 Å². The van der Waals surface area contributed by atoms with Gasteiger partial charge in [0.2, 0.25) is 0 Å². The molecule has 1 aliphatic carbocycles. The van der Waals surface area contributed by atoms with E-state index in [1.54, 1.807) is 0 Å². The molecule has 1 heterocycles. The minimum Gasteiger partial charge on any atom is -0.660 e. The van der Waals surface area contributed by atoms with Gasteiger partial charge in [0.25, 0.3) is 0 Å². The van der Waals surface area contributed by atoms with Gasteiger partial charge in [-0.05, 0) is 18.9 Å². The summed E-state index contributed by atoms with van der Waals surface area (Å²) in [6.07, 6.45) is 2.63. The lowest BCUT2D eigenvalue weighted by molar-refractivity contribution is 0.939. The summed E-state index contributed by atoms with van der Waals surface area (Å²) >= 11 is 0. The minimum atomic E-state index is 0.747. The Labute approximate surface area is 66.2 Å². The summed E-state index contributed by atoms with van der Waals surface area (Å²) < 4.78 is 0. The summed E-state index contributed by atoms with van der Waals surface area (Å²) in [5.74, 6) is 0.747. The molecule has 1 fully saturated rings. The molecule has 2 rings (SSSR count). The van der Waals surface area contributed by atoms with E-state index in [4.69, 9.17) is 0 Å². The van der Waals surface area contributed by atoms with E-state index in [1.807, 2.05) is 7.05 Å². The van der Waals surface area contributed by atoms with Crippen molar-refractivity contribution >= 4 is 0 Å². The molecule has 60 valence electrons. The van der Waals surface area contributed by atoms with Crippen LogP contribution in [0.3, 0.4) is 0 Å². The predicted octanol–water partition coefficient (Wildman–Crippen LogP) is 1.79. The lowest BCUT2D eigenvalue weighted by atomic mass is 10.3. The Morgan fingerprint density at radius 3 is 3.18 bits per heavy atom. The Kier molecular flexibility index (Phi) is 1.66. The summed E-state index contributed by atoms with van der Waals surface area (Å²) in [6, 6.07) is 2.13. The normalized spacial score (nSPS) is 17.2. The summed E-state index contributed by atoms with van der Waals surface area (Å²) in [6.45, 7) is 0.764. The third-order valence-electron chi connectivity index (χ3n) is 1.97. The van der Waals surface area contributed by atoms with E-state index in [-0.39, 0.29) is 0 Å². The second-order valence-electron chi connectivity index (χ2n) is 3.07. The fourth-order valence-electron chi connectivity index (χ4n) is 1.22. The lowest BCUT2D eigenvalue weighted by Crippen LogP contribution is -1.80. The first kappa shape index (κ1) is 6.85. The third-order valence-corrected chi connectivity index (χ3v) is 1.97. The number of rotatable bonds is 3. The van der Waals surface area contributed by atoms with Crippen molar-refractivity contribution < 1.29 is 0 Å². The highest BCUT2D eigenvalue weighted by atomic mass is 15.1. The van der Waals surface area contributed by atoms with Gasteiger partial charge < -0.3 is 5.32 Å². The number of nitrogens with one attached hydrogen (secondary N) is 1. The van der Waals surface area contributed by atoms with Crippen molar-refractivity contribution in [3.63, 3.8) is 0 Å². The maximum Gasteiger partial charge on any atom is 0.0655 e. The van der Waals surface area contributed by atoms with Gasteiger partial charge in [-0.3, -0.25) is 5.10 Å². The molecule has 1 N–H and O–H groups in total. The molecule has 11 heavy (non-hydrogen) atoms. The van der Waals surface area contributed by atoms with Crippen LogP contribution in [0.25, 0.3) is 5.32 Å². The van der Waals surface area contributed by atoms with E-state index in [2.05, 4.69) is 21.6 Å². The second kappa shape index (κ2) is 2.66. The highest BCUT2D eigenvalue weighted by Crippen LogP contribution is 2.39. The first-order valence-corrected chi connectivity index (χ1v) is 4.00. The Bertz CT molecular complexity index is 237. The molecule has 0 amide bonds. The molecule has 0 atom stereocenters. The van der Waals surface area contributed by atoms with E-state index in [1.165, 1.54) is 18.5 Å². The van der Waals surface area contributed by atoms with Crippen LogP contribution in [-0.4, -0.2) is 17.2 Å². The molecule has 3 heteroatoms. The minimum absolute atomic E-state index is 0.747. The molecule has 0 spiro atoms. The van der Waals surface area contributed by atoms with Gasteiger partial charge in [-0.1, -0.05) is 0 Å². The zero-order chi connectivity index (χ0) is 7.68.